The third kappa shape index (κ3) is 3.77. The van der Waals surface area contributed by atoms with Crippen molar-refractivity contribution in [2.45, 2.75) is 20.4 Å². The molecule has 1 aliphatic carbocycles. The predicted molar refractivity (Wildman–Crippen MR) is 142 cm³/mol. The fourth-order valence-corrected chi connectivity index (χ4v) is 5.37. The lowest BCUT2D eigenvalue weighted by molar-refractivity contribution is -0.688. The summed E-state index contributed by atoms with van der Waals surface area (Å²) in [6.45, 7) is 4.96. The van der Waals surface area contributed by atoms with Crippen LogP contribution in [0.5, 0.6) is 5.75 Å². The monoisotopic (exact) mass is 491 g/mol. The lowest BCUT2D eigenvalue weighted by atomic mass is 9.83. The van der Waals surface area contributed by atoms with E-state index >= 15 is 0 Å². The van der Waals surface area contributed by atoms with Gasteiger partial charge < -0.3 is 17.1 Å². The molecule has 0 amide bonds. The number of fused-ring (bicyclic) bond motifs is 1. The maximum absolute atomic E-state index is 13.0. The standard InChI is InChI=1S/C32H26NO2.ClH/c1-20-7-8-21(2)26-17-23(9-12-25(20)26)30-24(19-33-15-5-4-6-16-33)18-27-28(34)13-10-22-11-14-29(35-3)32(30)31(22)27;/h4-18H,19H2,1-3H3;1H/q+1;/p-1. The second kappa shape index (κ2) is 9.25. The van der Waals surface area contributed by atoms with Gasteiger partial charge in [0.2, 0.25) is 0 Å². The van der Waals surface area contributed by atoms with Gasteiger partial charge in [-0.2, -0.15) is 0 Å². The number of ether oxygens (including phenoxy) is 1. The topological polar surface area (TPSA) is 30.2 Å². The summed E-state index contributed by atoms with van der Waals surface area (Å²) in [6.07, 6.45) is 7.71. The van der Waals surface area contributed by atoms with Crippen molar-refractivity contribution in [1.82, 2.24) is 0 Å². The molecule has 6 rings (SSSR count). The SMILES string of the molecule is COc1ccc2c3c(cc(C[n+]4ccccc4)c(-c4ccc5c(C)ccc(C)c5c4)c13)C(=O)C=C2.[Cl-]. The van der Waals surface area contributed by atoms with E-state index in [9.17, 15) is 4.79 Å². The molecule has 5 aromatic rings. The smallest absolute Gasteiger partial charge is 0.186 e. The summed E-state index contributed by atoms with van der Waals surface area (Å²) in [4.78, 5) is 13.0. The van der Waals surface area contributed by atoms with Gasteiger partial charge in [0.25, 0.3) is 0 Å². The first kappa shape index (κ1) is 23.8. The van der Waals surface area contributed by atoms with Crippen molar-refractivity contribution < 1.29 is 26.5 Å². The molecule has 36 heavy (non-hydrogen) atoms. The Hall–Kier alpha value is -3.95. The fourth-order valence-electron chi connectivity index (χ4n) is 5.37. The Morgan fingerprint density at radius 1 is 0.806 bits per heavy atom. The van der Waals surface area contributed by atoms with Crippen molar-refractivity contribution in [3.63, 3.8) is 0 Å². The van der Waals surface area contributed by atoms with Crippen LogP contribution in [0.25, 0.3) is 38.7 Å². The number of aryl methyl sites for hydroxylation is 2. The lowest BCUT2D eigenvalue weighted by Crippen LogP contribution is -3.00. The molecule has 1 aromatic heterocycles. The van der Waals surface area contributed by atoms with E-state index in [-0.39, 0.29) is 18.2 Å². The van der Waals surface area contributed by atoms with Crippen molar-refractivity contribution in [3.8, 4) is 16.9 Å². The first-order chi connectivity index (χ1) is 17.0. The molecule has 0 radical (unpaired) electrons. The molecule has 1 heterocycles. The van der Waals surface area contributed by atoms with Gasteiger partial charge in [-0.15, -0.1) is 0 Å². The number of carbonyl (C=O) groups excluding carboxylic acids is 1. The average Bonchev–Trinajstić information content (AvgIpc) is 2.89. The van der Waals surface area contributed by atoms with Crippen molar-refractivity contribution in [2.75, 3.05) is 7.11 Å². The van der Waals surface area contributed by atoms with Gasteiger partial charge in [0.05, 0.1) is 7.11 Å². The molecule has 4 aromatic carbocycles. The average molecular weight is 492 g/mol. The predicted octanol–water partition coefficient (Wildman–Crippen LogP) is 3.83. The van der Waals surface area contributed by atoms with Crippen LogP contribution in [0.3, 0.4) is 0 Å². The number of halogens is 1. The normalized spacial score (nSPS) is 12.1. The Morgan fingerprint density at radius 2 is 1.56 bits per heavy atom. The highest BCUT2D eigenvalue weighted by molar-refractivity contribution is 6.23. The summed E-state index contributed by atoms with van der Waals surface area (Å²) in [5.74, 6) is 0.815. The summed E-state index contributed by atoms with van der Waals surface area (Å²) < 4.78 is 8.04. The third-order valence-corrected chi connectivity index (χ3v) is 7.13. The Balaban J connectivity index is 0.00000267. The molecule has 0 N–H and O–H groups in total. The highest BCUT2D eigenvalue weighted by Gasteiger charge is 2.25. The van der Waals surface area contributed by atoms with E-state index in [0.29, 0.717) is 6.54 Å². The summed E-state index contributed by atoms with van der Waals surface area (Å²) in [7, 11) is 1.70. The summed E-state index contributed by atoms with van der Waals surface area (Å²) in [5, 5.41) is 4.47. The van der Waals surface area contributed by atoms with E-state index in [1.165, 1.54) is 21.9 Å². The second-order valence-electron chi connectivity index (χ2n) is 9.27. The van der Waals surface area contributed by atoms with Crippen LogP contribution in [-0.4, -0.2) is 12.9 Å². The molecule has 3 nitrogen and oxygen atoms in total. The van der Waals surface area contributed by atoms with Crippen LogP contribution in [0.4, 0.5) is 0 Å². The third-order valence-electron chi connectivity index (χ3n) is 7.13. The van der Waals surface area contributed by atoms with Gasteiger partial charge in [0, 0.05) is 39.6 Å². The first-order valence-corrected chi connectivity index (χ1v) is 11.9. The zero-order chi connectivity index (χ0) is 24.1. The number of carbonyl (C=O) groups is 1. The minimum Gasteiger partial charge on any atom is -1.00 e. The molecule has 0 spiro atoms. The van der Waals surface area contributed by atoms with Gasteiger partial charge in [0.1, 0.15) is 5.75 Å². The lowest BCUT2D eigenvalue weighted by Gasteiger charge is -2.21. The quantitative estimate of drug-likeness (QED) is 0.358. The zero-order valence-electron chi connectivity index (χ0n) is 20.5. The summed E-state index contributed by atoms with van der Waals surface area (Å²) in [6, 6.07) is 23.3. The van der Waals surface area contributed by atoms with Gasteiger partial charge in [-0.25, -0.2) is 4.57 Å². The van der Waals surface area contributed by atoms with Gasteiger partial charge in [-0.3, -0.25) is 4.79 Å². The first-order valence-electron chi connectivity index (χ1n) is 11.9. The molecule has 4 heteroatoms. The number of ketones is 1. The highest BCUT2D eigenvalue weighted by Crippen LogP contribution is 2.44. The number of methoxy groups -OCH3 is 1. The van der Waals surface area contributed by atoms with Gasteiger partial charge >= 0.3 is 0 Å². The molecule has 0 saturated heterocycles. The van der Waals surface area contributed by atoms with E-state index in [0.717, 1.165) is 44.3 Å². The Morgan fingerprint density at radius 3 is 2.31 bits per heavy atom. The van der Waals surface area contributed by atoms with Crippen LogP contribution in [0, 0.1) is 13.8 Å². The van der Waals surface area contributed by atoms with E-state index < -0.39 is 0 Å². The maximum atomic E-state index is 13.0. The number of benzene rings is 4. The Bertz CT molecular complexity index is 1690. The Kier molecular flexibility index (Phi) is 6.11. The number of hydrogen-bond donors (Lipinski definition) is 0. The fraction of sp³-hybridized carbons (Fsp3) is 0.125. The summed E-state index contributed by atoms with van der Waals surface area (Å²) in [5.41, 5.74) is 7.63. The maximum Gasteiger partial charge on any atom is 0.186 e. The van der Waals surface area contributed by atoms with Crippen LogP contribution in [0.1, 0.15) is 32.6 Å². The van der Waals surface area contributed by atoms with E-state index in [4.69, 9.17) is 4.74 Å². The largest absolute Gasteiger partial charge is 1.00 e. The highest BCUT2D eigenvalue weighted by atomic mass is 35.5. The van der Waals surface area contributed by atoms with Crippen molar-refractivity contribution >= 4 is 33.4 Å². The van der Waals surface area contributed by atoms with Crippen LogP contribution in [0.2, 0.25) is 0 Å². The number of allylic oxidation sites excluding steroid dienone is 1. The molecule has 0 unspecified atom stereocenters. The number of pyridine rings is 1. The molecule has 1 aliphatic rings. The van der Waals surface area contributed by atoms with Crippen LogP contribution < -0.4 is 21.7 Å². The van der Waals surface area contributed by atoms with Crippen LogP contribution >= 0.6 is 0 Å². The van der Waals surface area contributed by atoms with Crippen LogP contribution in [-0.2, 0) is 6.54 Å². The second-order valence-corrected chi connectivity index (χ2v) is 9.27. The summed E-state index contributed by atoms with van der Waals surface area (Å²) >= 11 is 0. The van der Waals surface area contributed by atoms with Gasteiger partial charge in [-0.1, -0.05) is 42.5 Å². The van der Waals surface area contributed by atoms with E-state index in [2.05, 4.69) is 67.2 Å². The van der Waals surface area contributed by atoms with E-state index in [1.54, 1.807) is 13.2 Å². The van der Waals surface area contributed by atoms with Crippen LogP contribution in [0.15, 0.2) is 85.2 Å². The zero-order valence-corrected chi connectivity index (χ0v) is 21.3. The van der Waals surface area contributed by atoms with E-state index in [1.807, 2.05) is 36.4 Å². The molecular formula is C32H26ClNO2. The van der Waals surface area contributed by atoms with Gasteiger partial charge in [0.15, 0.2) is 24.7 Å². The molecule has 0 bridgehead atoms. The molecule has 0 saturated carbocycles. The minimum atomic E-state index is 0. The van der Waals surface area contributed by atoms with Crippen molar-refractivity contribution in [2.24, 2.45) is 0 Å². The number of rotatable bonds is 4. The van der Waals surface area contributed by atoms with Crippen molar-refractivity contribution in [1.29, 1.82) is 0 Å². The molecule has 0 aliphatic heterocycles. The minimum absolute atomic E-state index is 0. The van der Waals surface area contributed by atoms with Crippen molar-refractivity contribution in [3.05, 3.63) is 113 Å². The van der Waals surface area contributed by atoms with Gasteiger partial charge in [-0.05, 0) is 71.1 Å². The molecule has 178 valence electrons. The number of aromatic nitrogens is 1. The number of nitrogens with zero attached hydrogens (tertiary/aromatic N) is 1. The molecular weight excluding hydrogens is 466 g/mol. The molecule has 0 atom stereocenters. The number of hydrogen-bond acceptors (Lipinski definition) is 2. The Labute approximate surface area is 217 Å². The molecule has 0 fully saturated rings.